The van der Waals surface area contributed by atoms with Crippen LogP contribution in [0.5, 0.6) is 0 Å². The number of rotatable bonds is 7. The molecule has 0 bridgehead atoms. The van der Waals surface area contributed by atoms with Crippen LogP contribution in [0.25, 0.3) is 0 Å². The van der Waals surface area contributed by atoms with Crippen molar-refractivity contribution in [1.82, 2.24) is 19.8 Å². The molecule has 0 aromatic carbocycles. The van der Waals surface area contributed by atoms with Crippen LogP contribution in [0.4, 0.5) is 11.6 Å². The number of hydrogen-bond donors (Lipinski definition) is 1. The molecule has 2 aliphatic rings. The number of amides is 2. The third-order valence-electron chi connectivity index (χ3n) is 5.90. The van der Waals surface area contributed by atoms with Gasteiger partial charge in [-0.05, 0) is 31.6 Å². The number of hydrogen-bond acceptors (Lipinski definition) is 6. The van der Waals surface area contributed by atoms with Gasteiger partial charge in [0.05, 0.1) is 0 Å². The van der Waals surface area contributed by atoms with E-state index in [0.29, 0.717) is 38.5 Å². The van der Waals surface area contributed by atoms with Gasteiger partial charge in [-0.25, -0.2) is 9.97 Å². The lowest BCUT2D eigenvalue weighted by atomic mass is 9.93. The molecule has 2 fully saturated rings. The molecule has 0 unspecified atom stereocenters. The van der Waals surface area contributed by atoms with Gasteiger partial charge in [0.25, 0.3) is 0 Å². The van der Waals surface area contributed by atoms with E-state index in [1.165, 1.54) is 0 Å². The lowest BCUT2D eigenvalue weighted by Crippen LogP contribution is -2.50. The zero-order valence-electron chi connectivity index (χ0n) is 17.8. The van der Waals surface area contributed by atoms with E-state index in [4.69, 9.17) is 0 Å². The largest absolute Gasteiger partial charge is 0.370 e. The molecule has 2 saturated heterocycles. The van der Waals surface area contributed by atoms with Gasteiger partial charge >= 0.3 is 0 Å². The van der Waals surface area contributed by atoms with Gasteiger partial charge < -0.3 is 20.0 Å². The second-order valence-electron chi connectivity index (χ2n) is 8.07. The zero-order chi connectivity index (χ0) is 20.6. The number of carbonyl (C=O) groups is 2. The topological polar surface area (TPSA) is 81.7 Å². The highest BCUT2D eigenvalue weighted by Crippen LogP contribution is 2.26. The third kappa shape index (κ3) is 6.05. The number of nitrogens with zero attached hydrogens (tertiary/aromatic N) is 5. The number of carbonyl (C=O) groups excluding carboxylic acids is 2. The molecule has 3 rings (SSSR count). The van der Waals surface area contributed by atoms with Gasteiger partial charge in [0.1, 0.15) is 18.0 Å². The predicted octanol–water partition coefficient (Wildman–Crippen LogP) is 1.99. The summed E-state index contributed by atoms with van der Waals surface area (Å²) in [5, 5.41) is 3.32. The number of aromatic nitrogens is 2. The van der Waals surface area contributed by atoms with Crippen molar-refractivity contribution in [1.29, 1.82) is 0 Å². The maximum Gasteiger partial charge on any atom is 0.222 e. The van der Waals surface area contributed by atoms with Crippen molar-refractivity contribution < 1.29 is 9.59 Å². The summed E-state index contributed by atoms with van der Waals surface area (Å²) in [4.78, 5) is 38.8. The first kappa shape index (κ1) is 21.3. The average Bonchev–Trinajstić information content (AvgIpc) is 2.76. The standard InChI is InChI=1S/C21H34N6O2/c1-3-8-22-19-14-20(24-16-23-19)27-9-4-5-18(15-27)6-7-21(29)26-12-10-25(11-13-26)17(2)28/h14,16,18H,3-13,15H2,1-2H3,(H,22,23,24)/t18-/m0/s1. The fourth-order valence-corrected chi connectivity index (χ4v) is 4.13. The Morgan fingerprint density at radius 1 is 1.14 bits per heavy atom. The van der Waals surface area contributed by atoms with Gasteiger partial charge in [-0.15, -0.1) is 0 Å². The Bertz CT molecular complexity index is 690. The highest BCUT2D eigenvalue weighted by molar-refractivity contribution is 5.77. The van der Waals surface area contributed by atoms with Gasteiger partial charge in [-0.1, -0.05) is 6.92 Å². The molecule has 0 aliphatic carbocycles. The van der Waals surface area contributed by atoms with E-state index in [2.05, 4.69) is 27.1 Å². The molecule has 1 aromatic rings. The molecule has 1 aromatic heterocycles. The fraction of sp³-hybridized carbons (Fsp3) is 0.714. The van der Waals surface area contributed by atoms with Crippen LogP contribution < -0.4 is 10.2 Å². The first-order valence-corrected chi connectivity index (χ1v) is 10.9. The van der Waals surface area contributed by atoms with E-state index in [0.717, 1.165) is 57.0 Å². The number of nitrogens with one attached hydrogen (secondary N) is 1. The predicted molar refractivity (Wildman–Crippen MR) is 114 cm³/mol. The van der Waals surface area contributed by atoms with Crippen LogP contribution in [-0.4, -0.2) is 77.4 Å². The van der Waals surface area contributed by atoms with E-state index in [9.17, 15) is 9.59 Å². The minimum atomic E-state index is 0.0946. The molecule has 8 heteroatoms. The van der Waals surface area contributed by atoms with Gasteiger partial charge in [0, 0.05) is 65.2 Å². The number of piperazine rings is 1. The first-order valence-electron chi connectivity index (χ1n) is 10.9. The Kier molecular flexibility index (Phi) is 7.66. The van der Waals surface area contributed by atoms with Gasteiger partial charge in [-0.2, -0.15) is 0 Å². The van der Waals surface area contributed by atoms with Crippen molar-refractivity contribution in [2.24, 2.45) is 5.92 Å². The lowest BCUT2D eigenvalue weighted by Gasteiger charge is -2.36. The van der Waals surface area contributed by atoms with Crippen LogP contribution in [0.3, 0.4) is 0 Å². The highest BCUT2D eigenvalue weighted by atomic mass is 16.2. The van der Waals surface area contributed by atoms with E-state index >= 15 is 0 Å². The summed E-state index contributed by atoms with van der Waals surface area (Å²) in [5.41, 5.74) is 0. The number of anilines is 2. The first-order chi connectivity index (χ1) is 14.1. The van der Waals surface area contributed by atoms with Crippen LogP contribution in [0, 0.1) is 5.92 Å². The van der Waals surface area contributed by atoms with Crippen molar-refractivity contribution in [3.05, 3.63) is 12.4 Å². The lowest BCUT2D eigenvalue weighted by molar-refractivity contribution is -0.138. The Hall–Kier alpha value is -2.38. The van der Waals surface area contributed by atoms with Crippen molar-refractivity contribution in [2.45, 2.75) is 46.0 Å². The van der Waals surface area contributed by atoms with E-state index in [-0.39, 0.29) is 11.8 Å². The molecule has 2 aliphatic heterocycles. The monoisotopic (exact) mass is 402 g/mol. The molecule has 0 radical (unpaired) electrons. The minimum absolute atomic E-state index is 0.0946. The highest BCUT2D eigenvalue weighted by Gasteiger charge is 2.25. The smallest absolute Gasteiger partial charge is 0.222 e. The maximum absolute atomic E-state index is 12.6. The molecular formula is C21H34N6O2. The molecule has 1 atom stereocenters. The Morgan fingerprint density at radius 2 is 1.90 bits per heavy atom. The fourth-order valence-electron chi connectivity index (χ4n) is 4.13. The molecule has 2 amide bonds. The molecule has 0 spiro atoms. The summed E-state index contributed by atoms with van der Waals surface area (Å²) in [6, 6.07) is 2.03. The molecule has 0 saturated carbocycles. The second kappa shape index (κ2) is 10.4. The maximum atomic E-state index is 12.6. The summed E-state index contributed by atoms with van der Waals surface area (Å²) in [5.74, 6) is 2.66. The van der Waals surface area contributed by atoms with Crippen molar-refractivity contribution in [3.63, 3.8) is 0 Å². The Balaban J connectivity index is 1.46. The van der Waals surface area contributed by atoms with Crippen LogP contribution in [-0.2, 0) is 9.59 Å². The molecular weight excluding hydrogens is 368 g/mol. The third-order valence-corrected chi connectivity index (χ3v) is 5.90. The van der Waals surface area contributed by atoms with Crippen LogP contribution in [0.1, 0.15) is 46.0 Å². The van der Waals surface area contributed by atoms with Crippen LogP contribution in [0.15, 0.2) is 12.4 Å². The van der Waals surface area contributed by atoms with Gasteiger partial charge in [0.15, 0.2) is 0 Å². The number of piperidine rings is 1. The summed E-state index contributed by atoms with van der Waals surface area (Å²) in [6.07, 6.45) is 6.47. The Morgan fingerprint density at radius 3 is 2.62 bits per heavy atom. The van der Waals surface area contributed by atoms with Crippen molar-refractivity contribution in [3.8, 4) is 0 Å². The van der Waals surface area contributed by atoms with Gasteiger partial charge in [0.2, 0.25) is 11.8 Å². The Labute approximate surface area is 173 Å². The normalized spacial score (nSPS) is 19.9. The molecule has 160 valence electrons. The van der Waals surface area contributed by atoms with E-state index in [1.807, 2.05) is 15.9 Å². The second-order valence-corrected chi connectivity index (χ2v) is 8.07. The van der Waals surface area contributed by atoms with E-state index in [1.54, 1.807) is 13.3 Å². The zero-order valence-corrected chi connectivity index (χ0v) is 17.8. The van der Waals surface area contributed by atoms with Crippen LogP contribution >= 0.6 is 0 Å². The van der Waals surface area contributed by atoms with Gasteiger partial charge in [-0.3, -0.25) is 9.59 Å². The average molecular weight is 403 g/mol. The van der Waals surface area contributed by atoms with E-state index < -0.39 is 0 Å². The molecule has 3 heterocycles. The SMILES string of the molecule is CCCNc1cc(N2CCC[C@@H](CCC(=O)N3CCN(C(C)=O)CC3)C2)ncn1. The molecule has 29 heavy (non-hydrogen) atoms. The summed E-state index contributed by atoms with van der Waals surface area (Å²) >= 11 is 0. The summed E-state index contributed by atoms with van der Waals surface area (Å²) in [7, 11) is 0. The minimum Gasteiger partial charge on any atom is -0.370 e. The summed E-state index contributed by atoms with van der Waals surface area (Å²) in [6.45, 7) is 9.19. The van der Waals surface area contributed by atoms with Crippen LogP contribution in [0.2, 0.25) is 0 Å². The van der Waals surface area contributed by atoms with Crippen molar-refractivity contribution >= 4 is 23.5 Å². The summed E-state index contributed by atoms with van der Waals surface area (Å²) < 4.78 is 0. The quantitative estimate of drug-likeness (QED) is 0.751. The molecule has 8 nitrogen and oxygen atoms in total. The van der Waals surface area contributed by atoms with Crippen molar-refractivity contribution in [2.75, 3.05) is 56.0 Å². The molecule has 1 N–H and O–H groups in total.